The van der Waals surface area contributed by atoms with Gasteiger partial charge in [-0.3, -0.25) is 4.79 Å². The van der Waals surface area contributed by atoms with Crippen LogP contribution in [0.2, 0.25) is 5.02 Å². The number of amides is 1. The molecule has 0 fully saturated rings. The second-order valence-electron chi connectivity index (χ2n) is 5.64. The van der Waals surface area contributed by atoms with Crippen LogP contribution < -0.4 is 5.32 Å². The normalized spacial score (nSPS) is 16.0. The molecule has 0 spiro atoms. The summed E-state index contributed by atoms with van der Waals surface area (Å²) >= 11 is 6.03. The van der Waals surface area contributed by atoms with Crippen LogP contribution >= 0.6 is 11.6 Å². The van der Waals surface area contributed by atoms with Gasteiger partial charge in [0.15, 0.2) is 0 Å². The summed E-state index contributed by atoms with van der Waals surface area (Å²) in [7, 11) is 0. The van der Waals surface area contributed by atoms with Crippen molar-refractivity contribution in [1.29, 1.82) is 0 Å². The van der Waals surface area contributed by atoms with Gasteiger partial charge < -0.3 is 10.4 Å². The molecule has 4 nitrogen and oxygen atoms in total. The van der Waals surface area contributed by atoms with Crippen molar-refractivity contribution in [2.45, 2.75) is 18.8 Å². The standard InChI is InChI=1S/C18H16ClNO3/c19-16-4-2-1-3-14(16)17(21)20-10-13-8-6-11-5-7-12(18(22)23)9-15(11)13/h1-5,7,9,13H,6,8,10H2,(H,20,21)(H,22,23). The Labute approximate surface area is 139 Å². The lowest BCUT2D eigenvalue weighted by atomic mass is 9.99. The molecule has 0 aromatic heterocycles. The van der Waals surface area contributed by atoms with E-state index >= 15 is 0 Å². The first kappa shape index (κ1) is 15.6. The Morgan fingerprint density at radius 2 is 2.00 bits per heavy atom. The van der Waals surface area contributed by atoms with Crippen molar-refractivity contribution in [2.75, 3.05) is 6.54 Å². The smallest absolute Gasteiger partial charge is 0.335 e. The first-order valence-corrected chi connectivity index (χ1v) is 7.83. The molecule has 1 unspecified atom stereocenters. The van der Waals surface area contributed by atoms with Gasteiger partial charge in [-0.15, -0.1) is 0 Å². The van der Waals surface area contributed by atoms with Gasteiger partial charge in [0.05, 0.1) is 16.1 Å². The summed E-state index contributed by atoms with van der Waals surface area (Å²) in [4.78, 5) is 23.3. The third-order valence-corrected chi connectivity index (χ3v) is 4.55. The van der Waals surface area contributed by atoms with Gasteiger partial charge in [0.1, 0.15) is 0 Å². The molecule has 0 aliphatic heterocycles. The average Bonchev–Trinajstić information content (AvgIpc) is 2.95. The molecule has 2 aromatic carbocycles. The van der Waals surface area contributed by atoms with Gasteiger partial charge in [-0.2, -0.15) is 0 Å². The van der Waals surface area contributed by atoms with Gasteiger partial charge in [-0.05, 0) is 48.2 Å². The molecule has 0 saturated heterocycles. The van der Waals surface area contributed by atoms with Crippen molar-refractivity contribution in [3.05, 3.63) is 69.7 Å². The fraction of sp³-hybridized carbons (Fsp3) is 0.222. The van der Waals surface area contributed by atoms with Crippen LogP contribution in [0.4, 0.5) is 0 Å². The molecular formula is C18H16ClNO3. The Kier molecular flexibility index (Phi) is 4.35. The Morgan fingerprint density at radius 3 is 2.74 bits per heavy atom. The number of carboxylic acids is 1. The van der Waals surface area contributed by atoms with Crippen LogP contribution in [-0.2, 0) is 6.42 Å². The highest BCUT2D eigenvalue weighted by Gasteiger charge is 2.24. The molecule has 5 heteroatoms. The minimum absolute atomic E-state index is 0.135. The highest BCUT2D eigenvalue weighted by Crippen LogP contribution is 2.33. The predicted octanol–water partition coefficient (Wildman–Crippen LogP) is 3.50. The summed E-state index contributed by atoms with van der Waals surface area (Å²) in [6.07, 6.45) is 1.81. The van der Waals surface area contributed by atoms with E-state index in [-0.39, 0.29) is 17.4 Å². The summed E-state index contributed by atoms with van der Waals surface area (Å²) in [6.45, 7) is 0.472. The lowest BCUT2D eigenvalue weighted by Crippen LogP contribution is -2.28. The van der Waals surface area contributed by atoms with Gasteiger partial charge in [-0.25, -0.2) is 4.79 Å². The predicted molar refractivity (Wildman–Crippen MR) is 88.2 cm³/mol. The lowest BCUT2D eigenvalue weighted by molar-refractivity contribution is 0.0696. The topological polar surface area (TPSA) is 66.4 Å². The SMILES string of the molecule is O=C(O)c1ccc2c(c1)C(CNC(=O)c1ccccc1Cl)CC2. The Morgan fingerprint density at radius 1 is 1.22 bits per heavy atom. The number of benzene rings is 2. The first-order valence-electron chi connectivity index (χ1n) is 7.45. The summed E-state index contributed by atoms with van der Waals surface area (Å²) in [6, 6.07) is 12.1. The van der Waals surface area contributed by atoms with E-state index in [4.69, 9.17) is 16.7 Å². The van der Waals surface area contributed by atoms with Gasteiger partial charge in [0, 0.05) is 12.5 Å². The molecule has 0 heterocycles. The highest BCUT2D eigenvalue weighted by molar-refractivity contribution is 6.33. The maximum atomic E-state index is 12.2. The number of carboxylic acid groups (broad SMARTS) is 1. The molecular weight excluding hydrogens is 314 g/mol. The zero-order valence-electron chi connectivity index (χ0n) is 12.4. The fourth-order valence-corrected chi connectivity index (χ4v) is 3.21. The first-order chi connectivity index (χ1) is 11.1. The van der Waals surface area contributed by atoms with Crippen LogP contribution in [0, 0.1) is 0 Å². The third-order valence-electron chi connectivity index (χ3n) is 4.22. The van der Waals surface area contributed by atoms with E-state index < -0.39 is 5.97 Å². The Balaban J connectivity index is 1.72. The molecule has 1 amide bonds. The van der Waals surface area contributed by atoms with Gasteiger partial charge in [0.2, 0.25) is 0 Å². The van der Waals surface area contributed by atoms with Crippen LogP contribution in [0.25, 0.3) is 0 Å². The monoisotopic (exact) mass is 329 g/mol. The van der Waals surface area contributed by atoms with Crippen molar-refractivity contribution in [2.24, 2.45) is 0 Å². The number of aryl methyl sites for hydroxylation is 1. The number of halogens is 1. The Bertz CT molecular complexity index is 773. The van der Waals surface area contributed by atoms with Crippen LogP contribution in [0.3, 0.4) is 0 Å². The van der Waals surface area contributed by atoms with Gasteiger partial charge in [-0.1, -0.05) is 29.8 Å². The molecule has 2 aromatic rings. The van der Waals surface area contributed by atoms with Crippen molar-refractivity contribution >= 4 is 23.5 Å². The maximum absolute atomic E-state index is 12.2. The second kappa shape index (κ2) is 6.42. The maximum Gasteiger partial charge on any atom is 0.335 e. The van der Waals surface area contributed by atoms with Crippen molar-refractivity contribution in [1.82, 2.24) is 5.32 Å². The van der Waals surface area contributed by atoms with E-state index in [1.807, 2.05) is 6.07 Å². The van der Waals surface area contributed by atoms with E-state index in [1.54, 1.807) is 36.4 Å². The average molecular weight is 330 g/mol. The minimum Gasteiger partial charge on any atom is -0.478 e. The number of hydrogen-bond acceptors (Lipinski definition) is 2. The number of rotatable bonds is 4. The quantitative estimate of drug-likeness (QED) is 0.902. The summed E-state index contributed by atoms with van der Waals surface area (Å²) < 4.78 is 0. The lowest BCUT2D eigenvalue weighted by Gasteiger charge is -2.14. The van der Waals surface area contributed by atoms with Crippen LogP contribution in [0.15, 0.2) is 42.5 Å². The number of nitrogens with one attached hydrogen (secondary N) is 1. The van der Waals surface area contributed by atoms with E-state index in [2.05, 4.69) is 5.32 Å². The number of fused-ring (bicyclic) bond motifs is 1. The summed E-state index contributed by atoms with van der Waals surface area (Å²) in [5.41, 5.74) is 2.91. The van der Waals surface area contributed by atoms with Crippen molar-refractivity contribution in [3.63, 3.8) is 0 Å². The molecule has 0 bridgehead atoms. The van der Waals surface area contributed by atoms with E-state index in [0.29, 0.717) is 17.1 Å². The van der Waals surface area contributed by atoms with Crippen LogP contribution in [0.5, 0.6) is 0 Å². The molecule has 3 rings (SSSR count). The fourth-order valence-electron chi connectivity index (χ4n) is 2.99. The van der Waals surface area contributed by atoms with Crippen molar-refractivity contribution < 1.29 is 14.7 Å². The summed E-state index contributed by atoms with van der Waals surface area (Å²) in [5.74, 6) is -1.01. The number of carbonyl (C=O) groups excluding carboxylic acids is 1. The largest absolute Gasteiger partial charge is 0.478 e. The molecule has 1 aliphatic rings. The zero-order chi connectivity index (χ0) is 16.4. The van der Waals surface area contributed by atoms with E-state index in [0.717, 1.165) is 24.0 Å². The number of hydrogen-bond donors (Lipinski definition) is 2. The minimum atomic E-state index is -0.932. The molecule has 2 N–H and O–H groups in total. The van der Waals surface area contributed by atoms with E-state index in [1.165, 1.54) is 0 Å². The number of aromatic carboxylic acids is 1. The molecule has 23 heavy (non-hydrogen) atoms. The van der Waals surface area contributed by atoms with E-state index in [9.17, 15) is 9.59 Å². The zero-order valence-corrected chi connectivity index (χ0v) is 13.1. The second-order valence-corrected chi connectivity index (χ2v) is 6.05. The van der Waals surface area contributed by atoms with Crippen LogP contribution in [0.1, 0.15) is 44.2 Å². The molecule has 0 radical (unpaired) electrons. The molecule has 0 saturated carbocycles. The Hall–Kier alpha value is -2.33. The van der Waals surface area contributed by atoms with Crippen molar-refractivity contribution in [3.8, 4) is 0 Å². The summed E-state index contributed by atoms with van der Waals surface area (Å²) in [5, 5.41) is 12.4. The molecule has 1 aliphatic carbocycles. The van der Waals surface area contributed by atoms with Gasteiger partial charge >= 0.3 is 5.97 Å². The molecule has 118 valence electrons. The van der Waals surface area contributed by atoms with Crippen LogP contribution in [-0.4, -0.2) is 23.5 Å². The van der Waals surface area contributed by atoms with Gasteiger partial charge in [0.25, 0.3) is 5.91 Å². The molecule has 1 atom stereocenters. The highest BCUT2D eigenvalue weighted by atomic mass is 35.5. The third kappa shape index (κ3) is 3.22. The number of carbonyl (C=O) groups is 2.